The van der Waals surface area contributed by atoms with Crippen LogP contribution in [0.25, 0.3) is 0 Å². The van der Waals surface area contributed by atoms with Crippen molar-refractivity contribution in [1.82, 2.24) is 0 Å². The maximum absolute atomic E-state index is 14.2. The predicted molar refractivity (Wildman–Crippen MR) is 79.1 cm³/mol. The first-order valence-corrected chi connectivity index (χ1v) is 6.97. The van der Waals surface area contributed by atoms with E-state index in [0.717, 1.165) is 12.0 Å². The molecule has 1 aromatic heterocycles. The molecule has 0 radical (unpaired) electrons. The summed E-state index contributed by atoms with van der Waals surface area (Å²) in [5.74, 6) is -1.14. The molecule has 0 fully saturated rings. The van der Waals surface area contributed by atoms with Crippen LogP contribution < -0.4 is 10.6 Å². The Kier molecular flexibility index (Phi) is 4.96. The molecule has 0 bridgehead atoms. The van der Waals surface area contributed by atoms with E-state index in [1.54, 1.807) is 19.4 Å². The van der Waals surface area contributed by atoms with Gasteiger partial charge in [0.05, 0.1) is 12.5 Å². The van der Waals surface area contributed by atoms with E-state index in [4.69, 9.17) is 10.2 Å². The fraction of sp³-hybridized carbons (Fsp3) is 0.375. The van der Waals surface area contributed by atoms with Crippen LogP contribution in [0.4, 0.5) is 14.5 Å². The maximum Gasteiger partial charge on any atom is 0.149 e. The third kappa shape index (κ3) is 3.82. The van der Waals surface area contributed by atoms with Gasteiger partial charge >= 0.3 is 0 Å². The van der Waals surface area contributed by atoms with Gasteiger partial charge in [-0.3, -0.25) is 0 Å². The van der Waals surface area contributed by atoms with Gasteiger partial charge in [-0.25, -0.2) is 8.78 Å². The van der Waals surface area contributed by atoms with Crippen molar-refractivity contribution in [3.05, 3.63) is 53.5 Å². The molecule has 0 aliphatic carbocycles. The van der Waals surface area contributed by atoms with Gasteiger partial charge in [-0.2, -0.15) is 0 Å². The molecule has 1 aromatic carbocycles. The summed E-state index contributed by atoms with van der Waals surface area (Å²) in [6.45, 7) is 2.32. The Hall–Kier alpha value is -1.88. The van der Waals surface area contributed by atoms with E-state index in [2.05, 4.69) is 0 Å². The molecule has 0 aliphatic heterocycles. The van der Waals surface area contributed by atoms with Gasteiger partial charge in [0.2, 0.25) is 0 Å². The Labute approximate surface area is 123 Å². The Bertz CT molecular complexity index is 561. The van der Waals surface area contributed by atoms with E-state index in [1.165, 1.54) is 23.3 Å². The fourth-order valence-corrected chi connectivity index (χ4v) is 2.28. The predicted octanol–water partition coefficient (Wildman–Crippen LogP) is 3.47. The van der Waals surface area contributed by atoms with Crippen LogP contribution in [0.1, 0.15) is 24.5 Å². The lowest BCUT2D eigenvalue weighted by Crippen LogP contribution is -2.22. The second-order valence-electron chi connectivity index (χ2n) is 5.27. The summed E-state index contributed by atoms with van der Waals surface area (Å²) in [4.78, 5) is 1.53. The first kappa shape index (κ1) is 15.5. The minimum Gasteiger partial charge on any atom is -0.472 e. The molecular weight excluding hydrogens is 274 g/mol. The zero-order valence-corrected chi connectivity index (χ0v) is 12.3. The Morgan fingerprint density at radius 1 is 1.24 bits per heavy atom. The van der Waals surface area contributed by atoms with Gasteiger partial charge in [-0.05, 0) is 36.6 Å². The molecule has 1 heterocycles. The molecule has 1 unspecified atom stereocenters. The van der Waals surface area contributed by atoms with E-state index in [9.17, 15) is 8.78 Å². The number of rotatable bonds is 6. The van der Waals surface area contributed by atoms with Crippen LogP contribution in [0.3, 0.4) is 0 Å². The van der Waals surface area contributed by atoms with E-state index < -0.39 is 11.6 Å². The molecule has 5 heteroatoms. The molecule has 0 saturated carbocycles. The van der Waals surface area contributed by atoms with Gasteiger partial charge in [0, 0.05) is 25.2 Å². The third-order valence-corrected chi connectivity index (χ3v) is 3.48. The van der Waals surface area contributed by atoms with Crippen molar-refractivity contribution in [2.75, 3.05) is 11.9 Å². The van der Waals surface area contributed by atoms with Gasteiger partial charge in [-0.1, -0.05) is 6.92 Å². The molecule has 2 aromatic rings. The molecular formula is C16H20F2N2O. The fourth-order valence-electron chi connectivity index (χ4n) is 2.28. The number of furan rings is 1. The smallest absolute Gasteiger partial charge is 0.149 e. The lowest BCUT2D eigenvalue weighted by atomic mass is 10.0. The summed E-state index contributed by atoms with van der Waals surface area (Å²) in [6.07, 6.45) is 4.33. The highest BCUT2D eigenvalue weighted by molar-refractivity contribution is 5.50. The Morgan fingerprint density at radius 3 is 2.43 bits per heavy atom. The average Bonchev–Trinajstić information content (AvgIpc) is 2.90. The zero-order valence-electron chi connectivity index (χ0n) is 12.3. The Balaban J connectivity index is 2.20. The standard InChI is InChI=1S/C16H20F2N2O/c1-3-13(19)6-12-7-14(17)16(15(18)8-12)20(2)9-11-4-5-21-10-11/h4-5,7-8,10,13H,3,6,9,19H2,1-2H3. The van der Waals surface area contributed by atoms with Gasteiger partial charge in [0.1, 0.15) is 17.3 Å². The second kappa shape index (κ2) is 6.72. The van der Waals surface area contributed by atoms with Crippen molar-refractivity contribution >= 4 is 5.69 Å². The van der Waals surface area contributed by atoms with Gasteiger partial charge in [0.15, 0.2) is 0 Å². The van der Waals surface area contributed by atoms with Crippen LogP contribution in [0.2, 0.25) is 0 Å². The second-order valence-corrected chi connectivity index (χ2v) is 5.27. The SMILES string of the molecule is CCC(N)Cc1cc(F)c(N(C)Cc2ccoc2)c(F)c1. The highest BCUT2D eigenvalue weighted by atomic mass is 19.1. The lowest BCUT2D eigenvalue weighted by Gasteiger charge is -2.21. The van der Waals surface area contributed by atoms with Crippen LogP contribution in [-0.4, -0.2) is 13.1 Å². The van der Waals surface area contributed by atoms with E-state index in [1.807, 2.05) is 6.92 Å². The van der Waals surface area contributed by atoms with Gasteiger partial charge in [-0.15, -0.1) is 0 Å². The number of halogens is 2. The summed E-state index contributed by atoms with van der Waals surface area (Å²) in [5, 5.41) is 0. The van der Waals surface area contributed by atoms with Crippen LogP contribution in [0.5, 0.6) is 0 Å². The molecule has 3 nitrogen and oxygen atoms in total. The first-order chi connectivity index (χ1) is 10.0. The van der Waals surface area contributed by atoms with Crippen molar-refractivity contribution in [1.29, 1.82) is 0 Å². The highest BCUT2D eigenvalue weighted by Gasteiger charge is 2.16. The number of nitrogens with zero attached hydrogens (tertiary/aromatic N) is 1. The van der Waals surface area contributed by atoms with Crippen molar-refractivity contribution in [2.24, 2.45) is 5.73 Å². The minimum absolute atomic E-state index is 0.0370. The molecule has 1 atom stereocenters. The van der Waals surface area contributed by atoms with Crippen LogP contribution in [0, 0.1) is 11.6 Å². The van der Waals surface area contributed by atoms with Crippen molar-refractivity contribution in [2.45, 2.75) is 32.4 Å². The number of anilines is 1. The van der Waals surface area contributed by atoms with Crippen molar-refractivity contribution in [3.8, 4) is 0 Å². The summed E-state index contributed by atoms with van der Waals surface area (Å²) < 4.78 is 33.4. The monoisotopic (exact) mass is 294 g/mol. The zero-order chi connectivity index (χ0) is 15.4. The van der Waals surface area contributed by atoms with Crippen molar-refractivity contribution < 1.29 is 13.2 Å². The summed E-state index contributed by atoms with van der Waals surface area (Å²) in [5.41, 5.74) is 7.23. The largest absolute Gasteiger partial charge is 0.472 e. The molecule has 21 heavy (non-hydrogen) atoms. The van der Waals surface area contributed by atoms with Crippen LogP contribution in [0.15, 0.2) is 35.1 Å². The lowest BCUT2D eigenvalue weighted by molar-refractivity contribution is 0.558. The van der Waals surface area contributed by atoms with E-state index in [-0.39, 0.29) is 11.7 Å². The topological polar surface area (TPSA) is 42.4 Å². The van der Waals surface area contributed by atoms with E-state index in [0.29, 0.717) is 18.5 Å². The third-order valence-electron chi connectivity index (χ3n) is 3.48. The quantitative estimate of drug-likeness (QED) is 0.887. The summed E-state index contributed by atoms with van der Waals surface area (Å²) in [6, 6.07) is 4.40. The number of hydrogen-bond acceptors (Lipinski definition) is 3. The highest BCUT2D eigenvalue weighted by Crippen LogP contribution is 2.26. The Morgan fingerprint density at radius 2 is 1.90 bits per heavy atom. The van der Waals surface area contributed by atoms with Crippen LogP contribution in [-0.2, 0) is 13.0 Å². The van der Waals surface area contributed by atoms with Gasteiger partial charge in [0.25, 0.3) is 0 Å². The normalized spacial score (nSPS) is 12.4. The summed E-state index contributed by atoms with van der Waals surface area (Å²) >= 11 is 0. The molecule has 0 saturated heterocycles. The molecule has 2 rings (SSSR count). The minimum atomic E-state index is -0.570. The van der Waals surface area contributed by atoms with E-state index >= 15 is 0 Å². The number of benzene rings is 1. The average molecular weight is 294 g/mol. The van der Waals surface area contributed by atoms with Crippen molar-refractivity contribution in [3.63, 3.8) is 0 Å². The molecule has 114 valence electrons. The molecule has 0 spiro atoms. The van der Waals surface area contributed by atoms with Gasteiger partial charge < -0.3 is 15.1 Å². The molecule has 0 amide bonds. The maximum atomic E-state index is 14.2. The number of hydrogen-bond donors (Lipinski definition) is 1. The molecule has 0 aliphatic rings. The number of nitrogens with two attached hydrogens (primary N) is 1. The first-order valence-electron chi connectivity index (χ1n) is 6.97. The molecule has 2 N–H and O–H groups in total. The summed E-state index contributed by atoms with van der Waals surface area (Å²) in [7, 11) is 1.64. The van der Waals surface area contributed by atoms with Crippen LogP contribution >= 0.6 is 0 Å².